The highest BCUT2D eigenvalue weighted by Crippen LogP contribution is 2.29. The quantitative estimate of drug-likeness (QED) is 0.824. The van der Waals surface area contributed by atoms with Gasteiger partial charge < -0.3 is 5.32 Å². The first-order valence-electron chi connectivity index (χ1n) is 8.65. The number of sulfonamides is 1. The lowest BCUT2D eigenvalue weighted by Crippen LogP contribution is -2.38. The van der Waals surface area contributed by atoms with E-state index in [0.29, 0.717) is 19.5 Å². The SMILES string of the molecule is CS(=O)(=O)N1CCC(CC(=O)Nc2nc3c(s2)CCCCC3)CC1. The predicted octanol–water partition coefficient (Wildman–Crippen LogP) is 2.41. The van der Waals surface area contributed by atoms with Gasteiger partial charge in [0.1, 0.15) is 0 Å². The van der Waals surface area contributed by atoms with Gasteiger partial charge in [-0.2, -0.15) is 0 Å². The number of aryl methyl sites for hydroxylation is 2. The molecule has 0 unspecified atom stereocenters. The molecule has 0 aromatic carbocycles. The third-order valence-electron chi connectivity index (χ3n) is 4.86. The minimum atomic E-state index is -3.11. The summed E-state index contributed by atoms with van der Waals surface area (Å²) >= 11 is 1.61. The monoisotopic (exact) mass is 371 g/mol. The largest absolute Gasteiger partial charge is 0.302 e. The first kappa shape index (κ1) is 17.8. The summed E-state index contributed by atoms with van der Waals surface area (Å²) in [7, 11) is -3.11. The maximum absolute atomic E-state index is 12.3. The fourth-order valence-electron chi connectivity index (χ4n) is 3.46. The number of thiazole rings is 1. The van der Waals surface area contributed by atoms with Crippen LogP contribution in [0.2, 0.25) is 0 Å². The van der Waals surface area contributed by atoms with E-state index in [0.717, 1.165) is 36.5 Å². The minimum Gasteiger partial charge on any atom is -0.302 e. The lowest BCUT2D eigenvalue weighted by molar-refractivity contribution is -0.117. The average molecular weight is 372 g/mol. The van der Waals surface area contributed by atoms with E-state index in [2.05, 4.69) is 10.3 Å². The summed E-state index contributed by atoms with van der Waals surface area (Å²) in [4.78, 5) is 18.2. The van der Waals surface area contributed by atoms with E-state index in [1.54, 1.807) is 11.3 Å². The van der Waals surface area contributed by atoms with Crippen LogP contribution in [0.1, 0.15) is 49.1 Å². The standard InChI is InChI=1S/C16H25N3O3S2/c1-24(21,22)19-9-7-12(8-10-19)11-15(20)18-16-17-13-5-3-2-4-6-14(13)23-16/h12H,2-11H2,1H3,(H,17,18,20). The summed E-state index contributed by atoms with van der Waals surface area (Å²) < 4.78 is 24.5. The number of amides is 1. The molecule has 1 fully saturated rings. The number of aromatic nitrogens is 1. The van der Waals surface area contributed by atoms with Crippen molar-refractivity contribution in [3.63, 3.8) is 0 Å². The summed E-state index contributed by atoms with van der Waals surface area (Å²) in [6.07, 6.45) is 8.93. The first-order valence-corrected chi connectivity index (χ1v) is 11.3. The zero-order valence-corrected chi connectivity index (χ0v) is 15.7. The third kappa shape index (κ3) is 4.55. The van der Waals surface area contributed by atoms with Gasteiger partial charge in [-0.05, 0) is 44.4 Å². The van der Waals surface area contributed by atoms with Crippen LogP contribution in [0.15, 0.2) is 0 Å². The summed E-state index contributed by atoms with van der Waals surface area (Å²) in [6.45, 7) is 1.03. The molecule has 1 aromatic heterocycles. The lowest BCUT2D eigenvalue weighted by Gasteiger charge is -2.29. The van der Waals surface area contributed by atoms with E-state index in [4.69, 9.17) is 0 Å². The molecule has 0 spiro atoms. The normalized spacial score (nSPS) is 20.4. The lowest BCUT2D eigenvalue weighted by atomic mass is 9.94. The molecule has 1 N–H and O–H groups in total. The van der Waals surface area contributed by atoms with E-state index >= 15 is 0 Å². The van der Waals surface area contributed by atoms with Gasteiger partial charge in [-0.25, -0.2) is 17.7 Å². The Hall–Kier alpha value is -0.990. The summed E-state index contributed by atoms with van der Waals surface area (Å²) in [5.41, 5.74) is 1.16. The number of hydrogen-bond acceptors (Lipinski definition) is 5. The molecule has 3 rings (SSSR count). The van der Waals surface area contributed by atoms with Crippen molar-refractivity contribution in [2.45, 2.75) is 51.4 Å². The number of carbonyl (C=O) groups is 1. The molecule has 1 saturated heterocycles. The number of carbonyl (C=O) groups excluding carboxylic acids is 1. The van der Waals surface area contributed by atoms with Crippen molar-refractivity contribution in [1.29, 1.82) is 0 Å². The van der Waals surface area contributed by atoms with Crippen LogP contribution in [-0.2, 0) is 27.7 Å². The Kier molecular flexibility index (Phi) is 5.56. The summed E-state index contributed by atoms with van der Waals surface area (Å²) in [6, 6.07) is 0. The van der Waals surface area contributed by atoms with Gasteiger partial charge in [0.15, 0.2) is 5.13 Å². The number of hydrogen-bond donors (Lipinski definition) is 1. The highest BCUT2D eigenvalue weighted by molar-refractivity contribution is 7.88. The van der Waals surface area contributed by atoms with Crippen LogP contribution in [0.25, 0.3) is 0 Å². The van der Waals surface area contributed by atoms with Crippen molar-refractivity contribution < 1.29 is 13.2 Å². The van der Waals surface area contributed by atoms with Crippen molar-refractivity contribution in [2.24, 2.45) is 5.92 Å². The molecule has 0 radical (unpaired) electrons. The van der Waals surface area contributed by atoms with Crippen LogP contribution in [0, 0.1) is 5.92 Å². The summed E-state index contributed by atoms with van der Waals surface area (Å²) in [5, 5.41) is 3.67. The number of rotatable bonds is 4. The second kappa shape index (κ2) is 7.49. The molecular weight excluding hydrogens is 346 g/mol. The fourth-order valence-corrected chi connectivity index (χ4v) is 5.40. The van der Waals surface area contributed by atoms with Crippen LogP contribution in [0.4, 0.5) is 5.13 Å². The van der Waals surface area contributed by atoms with Crippen molar-refractivity contribution in [1.82, 2.24) is 9.29 Å². The fraction of sp³-hybridized carbons (Fsp3) is 0.750. The van der Waals surface area contributed by atoms with Gasteiger partial charge in [0.25, 0.3) is 0 Å². The Labute approximate surface area is 147 Å². The Morgan fingerprint density at radius 2 is 1.96 bits per heavy atom. The third-order valence-corrected chi connectivity index (χ3v) is 7.23. The van der Waals surface area contributed by atoms with Gasteiger partial charge in [-0.15, -0.1) is 11.3 Å². The molecule has 0 bridgehead atoms. The van der Waals surface area contributed by atoms with Crippen molar-refractivity contribution in [3.05, 3.63) is 10.6 Å². The Bertz CT molecular complexity index is 668. The van der Waals surface area contributed by atoms with Gasteiger partial charge >= 0.3 is 0 Å². The second-order valence-electron chi connectivity index (χ2n) is 6.81. The molecule has 6 nitrogen and oxygen atoms in total. The van der Waals surface area contributed by atoms with Crippen LogP contribution in [0.3, 0.4) is 0 Å². The van der Waals surface area contributed by atoms with Crippen molar-refractivity contribution in [2.75, 3.05) is 24.7 Å². The average Bonchev–Trinajstić information content (AvgIpc) is 2.75. The van der Waals surface area contributed by atoms with Gasteiger partial charge in [0.05, 0.1) is 11.9 Å². The second-order valence-corrected chi connectivity index (χ2v) is 9.87. The van der Waals surface area contributed by atoms with Gasteiger partial charge in [-0.1, -0.05) is 6.42 Å². The molecular formula is C16H25N3O3S2. The molecule has 1 aromatic rings. The van der Waals surface area contributed by atoms with Crippen LogP contribution >= 0.6 is 11.3 Å². The van der Waals surface area contributed by atoms with Gasteiger partial charge in [0.2, 0.25) is 15.9 Å². The number of fused-ring (bicyclic) bond motifs is 1. The van der Waals surface area contributed by atoms with E-state index in [1.807, 2.05) is 0 Å². The molecule has 0 atom stereocenters. The van der Waals surface area contributed by atoms with Crippen LogP contribution < -0.4 is 5.32 Å². The van der Waals surface area contributed by atoms with Crippen molar-refractivity contribution in [3.8, 4) is 0 Å². The zero-order chi connectivity index (χ0) is 17.2. The number of nitrogens with zero attached hydrogens (tertiary/aromatic N) is 2. The Balaban J connectivity index is 1.50. The van der Waals surface area contributed by atoms with E-state index in [-0.39, 0.29) is 11.8 Å². The minimum absolute atomic E-state index is 0.00304. The molecule has 1 aliphatic carbocycles. The molecule has 2 aliphatic rings. The number of nitrogens with one attached hydrogen (secondary N) is 1. The van der Waals surface area contributed by atoms with Crippen molar-refractivity contribution >= 4 is 32.4 Å². The predicted molar refractivity (Wildman–Crippen MR) is 95.8 cm³/mol. The number of anilines is 1. The highest BCUT2D eigenvalue weighted by atomic mass is 32.2. The number of piperidine rings is 1. The molecule has 8 heteroatoms. The van der Waals surface area contributed by atoms with E-state index in [9.17, 15) is 13.2 Å². The topological polar surface area (TPSA) is 79.4 Å². The molecule has 134 valence electrons. The highest BCUT2D eigenvalue weighted by Gasteiger charge is 2.26. The smallest absolute Gasteiger partial charge is 0.226 e. The zero-order valence-electron chi connectivity index (χ0n) is 14.1. The maximum atomic E-state index is 12.3. The van der Waals surface area contributed by atoms with Crippen LogP contribution in [0.5, 0.6) is 0 Å². The van der Waals surface area contributed by atoms with E-state index < -0.39 is 10.0 Å². The van der Waals surface area contributed by atoms with Gasteiger partial charge in [-0.3, -0.25) is 4.79 Å². The Morgan fingerprint density at radius 1 is 1.25 bits per heavy atom. The molecule has 1 aliphatic heterocycles. The summed E-state index contributed by atoms with van der Waals surface area (Å²) in [5.74, 6) is 0.248. The van der Waals surface area contributed by atoms with Crippen LogP contribution in [-0.4, -0.2) is 43.0 Å². The molecule has 24 heavy (non-hydrogen) atoms. The molecule has 1 amide bonds. The Morgan fingerprint density at radius 3 is 2.67 bits per heavy atom. The first-order chi connectivity index (χ1) is 11.4. The maximum Gasteiger partial charge on any atom is 0.226 e. The van der Waals surface area contributed by atoms with Gasteiger partial charge in [0, 0.05) is 24.4 Å². The van der Waals surface area contributed by atoms with E-state index in [1.165, 1.54) is 34.7 Å². The molecule has 2 heterocycles. The molecule has 0 saturated carbocycles.